The van der Waals surface area contributed by atoms with Gasteiger partial charge in [0, 0.05) is 6.42 Å². The van der Waals surface area contributed by atoms with Crippen LogP contribution in [-0.4, -0.2) is 17.3 Å². The summed E-state index contributed by atoms with van der Waals surface area (Å²) < 4.78 is 0. The Morgan fingerprint density at radius 3 is 2.79 bits per heavy atom. The van der Waals surface area contributed by atoms with Crippen molar-refractivity contribution >= 4 is 17.5 Å². The molecule has 0 aromatic rings. The highest BCUT2D eigenvalue weighted by Gasteiger charge is 2.39. The molecule has 0 saturated heterocycles. The molecule has 0 amide bonds. The molecule has 2 heteroatoms. The molecule has 0 aromatic carbocycles. The molecule has 2 aliphatic rings. The summed E-state index contributed by atoms with van der Waals surface area (Å²) in [7, 11) is 0. The van der Waals surface area contributed by atoms with Crippen molar-refractivity contribution < 1.29 is 4.79 Å². The molecule has 0 N–H and O–H groups in total. The molecule has 0 radical (unpaired) electrons. The van der Waals surface area contributed by atoms with Gasteiger partial charge in [0.15, 0.2) is 0 Å². The van der Waals surface area contributed by atoms with Crippen LogP contribution in [0.1, 0.15) is 39.0 Å². The second kappa shape index (κ2) is 4.69. The van der Waals surface area contributed by atoms with E-state index in [-0.39, 0.29) is 0 Å². The lowest BCUT2D eigenvalue weighted by Crippen LogP contribution is -2.16. The Kier molecular flexibility index (Phi) is 3.53. The van der Waals surface area contributed by atoms with E-state index in [4.69, 9.17) is 0 Å². The summed E-state index contributed by atoms with van der Waals surface area (Å²) in [4.78, 5) is 11.6. The molecule has 0 spiro atoms. The van der Waals surface area contributed by atoms with Crippen LogP contribution in [-0.2, 0) is 4.79 Å². The number of hydrogen-bond acceptors (Lipinski definition) is 2. The molecule has 14 heavy (non-hydrogen) atoms. The van der Waals surface area contributed by atoms with E-state index in [1.807, 2.05) is 0 Å². The fourth-order valence-electron chi connectivity index (χ4n) is 3.19. The summed E-state index contributed by atoms with van der Waals surface area (Å²) in [6.07, 6.45) is 6.52. The maximum atomic E-state index is 11.6. The van der Waals surface area contributed by atoms with Crippen LogP contribution in [0.5, 0.6) is 0 Å². The number of rotatable bonds is 5. The summed E-state index contributed by atoms with van der Waals surface area (Å²) in [5.74, 6) is 4.98. The molecule has 0 aliphatic heterocycles. The van der Waals surface area contributed by atoms with Crippen LogP contribution in [0.3, 0.4) is 0 Å². The Bertz CT molecular complexity index is 214. The summed E-state index contributed by atoms with van der Waals surface area (Å²) in [6, 6.07) is 0. The van der Waals surface area contributed by atoms with Crippen LogP contribution in [0.2, 0.25) is 0 Å². The van der Waals surface area contributed by atoms with Crippen LogP contribution in [0.4, 0.5) is 0 Å². The first-order valence-corrected chi connectivity index (χ1v) is 7.04. The van der Waals surface area contributed by atoms with Crippen LogP contribution in [0.15, 0.2) is 0 Å². The molecule has 0 aromatic heterocycles. The molecule has 2 aliphatic carbocycles. The van der Waals surface area contributed by atoms with Crippen molar-refractivity contribution in [2.24, 2.45) is 17.8 Å². The molecule has 2 fully saturated rings. The van der Waals surface area contributed by atoms with Crippen molar-refractivity contribution in [1.29, 1.82) is 0 Å². The van der Waals surface area contributed by atoms with Gasteiger partial charge in [-0.3, -0.25) is 4.79 Å². The third-order valence-corrected chi connectivity index (χ3v) is 4.78. The molecule has 2 rings (SSSR count). The van der Waals surface area contributed by atoms with Gasteiger partial charge in [0.1, 0.15) is 5.78 Å². The monoisotopic (exact) mass is 212 g/mol. The van der Waals surface area contributed by atoms with Gasteiger partial charge in [0.2, 0.25) is 0 Å². The van der Waals surface area contributed by atoms with Crippen molar-refractivity contribution in [1.82, 2.24) is 0 Å². The van der Waals surface area contributed by atoms with Gasteiger partial charge in [0.25, 0.3) is 0 Å². The quantitative estimate of drug-likeness (QED) is 0.696. The maximum absolute atomic E-state index is 11.6. The molecule has 2 saturated carbocycles. The smallest absolute Gasteiger partial charge is 0.143 e. The molecule has 2 bridgehead atoms. The molecule has 80 valence electrons. The van der Waals surface area contributed by atoms with Gasteiger partial charge in [-0.2, -0.15) is 11.8 Å². The molecular weight excluding hydrogens is 192 g/mol. The Balaban J connectivity index is 1.73. The van der Waals surface area contributed by atoms with Gasteiger partial charge in [-0.25, -0.2) is 0 Å². The number of Topliss-reactive ketones (excluding diaryl/α,β-unsaturated/α-hetero) is 1. The summed E-state index contributed by atoms with van der Waals surface area (Å²) >= 11 is 1.77. The first-order valence-electron chi connectivity index (χ1n) is 5.89. The largest absolute Gasteiger partial charge is 0.299 e. The van der Waals surface area contributed by atoms with Gasteiger partial charge in [-0.1, -0.05) is 13.3 Å². The average molecular weight is 212 g/mol. The number of ketones is 1. The SMILES string of the molecule is CCSCC(=O)CC1CC2CCC1C2. The first kappa shape index (κ1) is 10.5. The zero-order valence-corrected chi connectivity index (χ0v) is 9.81. The Labute approximate surface area is 91.0 Å². The Hall–Kier alpha value is 0.0200. The van der Waals surface area contributed by atoms with Crippen molar-refractivity contribution in [3.63, 3.8) is 0 Å². The number of fused-ring (bicyclic) bond motifs is 2. The zero-order valence-electron chi connectivity index (χ0n) is 9.00. The van der Waals surface area contributed by atoms with Crippen LogP contribution in [0, 0.1) is 17.8 Å². The second-order valence-electron chi connectivity index (χ2n) is 4.81. The summed E-state index contributed by atoms with van der Waals surface area (Å²) in [6.45, 7) is 2.12. The van der Waals surface area contributed by atoms with Crippen molar-refractivity contribution in [3.05, 3.63) is 0 Å². The van der Waals surface area contributed by atoms with Gasteiger partial charge in [-0.15, -0.1) is 0 Å². The number of carbonyl (C=O) groups excluding carboxylic acids is 1. The molecule has 1 nitrogen and oxygen atoms in total. The van der Waals surface area contributed by atoms with Crippen molar-refractivity contribution in [2.45, 2.75) is 39.0 Å². The van der Waals surface area contributed by atoms with E-state index in [2.05, 4.69) is 6.92 Å². The lowest BCUT2D eigenvalue weighted by atomic mass is 9.85. The Morgan fingerprint density at radius 1 is 1.36 bits per heavy atom. The highest BCUT2D eigenvalue weighted by atomic mass is 32.2. The highest BCUT2D eigenvalue weighted by Crippen LogP contribution is 2.49. The van der Waals surface area contributed by atoms with E-state index in [1.165, 1.54) is 25.7 Å². The fourth-order valence-corrected chi connectivity index (χ4v) is 3.74. The van der Waals surface area contributed by atoms with E-state index in [1.54, 1.807) is 11.8 Å². The van der Waals surface area contributed by atoms with Crippen molar-refractivity contribution in [2.75, 3.05) is 11.5 Å². The lowest BCUT2D eigenvalue weighted by Gasteiger charge is -2.20. The average Bonchev–Trinajstić information content (AvgIpc) is 2.76. The maximum Gasteiger partial charge on any atom is 0.143 e. The highest BCUT2D eigenvalue weighted by molar-refractivity contribution is 7.99. The number of hydrogen-bond donors (Lipinski definition) is 0. The normalized spacial score (nSPS) is 35.1. The Morgan fingerprint density at radius 2 is 2.21 bits per heavy atom. The van der Waals surface area contributed by atoms with E-state index < -0.39 is 0 Å². The van der Waals surface area contributed by atoms with Gasteiger partial charge >= 0.3 is 0 Å². The molecule has 3 unspecified atom stereocenters. The lowest BCUT2D eigenvalue weighted by molar-refractivity contribution is -0.117. The van der Waals surface area contributed by atoms with Crippen LogP contribution < -0.4 is 0 Å². The van der Waals surface area contributed by atoms with E-state index in [9.17, 15) is 4.79 Å². The van der Waals surface area contributed by atoms with Crippen molar-refractivity contribution in [3.8, 4) is 0 Å². The fraction of sp³-hybridized carbons (Fsp3) is 0.917. The predicted octanol–water partition coefficient (Wildman–Crippen LogP) is 3.13. The molecule has 3 atom stereocenters. The predicted molar refractivity (Wildman–Crippen MR) is 61.6 cm³/mol. The molecule has 0 heterocycles. The van der Waals surface area contributed by atoms with Gasteiger partial charge < -0.3 is 0 Å². The third kappa shape index (κ3) is 2.33. The summed E-state index contributed by atoms with van der Waals surface area (Å²) in [5, 5.41) is 0. The molecular formula is C12H20OS. The minimum Gasteiger partial charge on any atom is -0.299 e. The number of thioether (sulfide) groups is 1. The first-order chi connectivity index (χ1) is 6.79. The van der Waals surface area contributed by atoms with E-state index in [0.29, 0.717) is 5.78 Å². The van der Waals surface area contributed by atoms with Gasteiger partial charge in [0.05, 0.1) is 5.75 Å². The minimum absolute atomic E-state index is 0.495. The second-order valence-corrected chi connectivity index (χ2v) is 6.09. The minimum atomic E-state index is 0.495. The summed E-state index contributed by atoms with van der Waals surface area (Å²) in [5.41, 5.74) is 0. The number of carbonyl (C=O) groups is 1. The van der Waals surface area contributed by atoms with Crippen LogP contribution in [0.25, 0.3) is 0 Å². The zero-order chi connectivity index (χ0) is 9.97. The van der Waals surface area contributed by atoms with E-state index >= 15 is 0 Å². The van der Waals surface area contributed by atoms with Gasteiger partial charge in [-0.05, 0) is 42.8 Å². The third-order valence-electron chi connectivity index (χ3n) is 3.84. The topological polar surface area (TPSA) is 17.1 Å². The van der Waals surface area contributed by atoms with Crippen LogP contribution >= 0.6 is 11.8 Å². The standard InChI is InChI=1S/C12H20OS/c1-2-14-8-12(13)7-11-6-9-3-4-10(11)5-9/h9-11H,2-8H2,1H3. The van der Waals surface area contributed by atoms with E-state index in [0.717, 1.165) is 35.7 Å².